The van der Waals surface area contributed by atoms with E-state index < -0.39 is 11.8 Å². The van der Waals surface area contributed by atoms with Gasteiger partial charge in [0.25, 0.3) is 0 Å². The second-order valence-electron chi connectivity index (χ2n) is 3.17. The molecule has 1 aromatic carbocycles. The number of carboxylic acids is 1. The van der Waals surface area contributed by atoms with Gasteiger partial charge >= 0.3 is 12.0 Å². The molecule has 0 amide bonds. The topological polar surface area (TPSA) is 72.6 Å². The van der Waals surface area contributed by atoms with E-state index in [0.717, 1.165) is 0 Å². The van der Waals surface area contributed by atoms with Gasteiger partial charge in [0.2, 0.25) is 0 Å². The Labute approximate surface area is 95.5 Å². The number of methoxy groups -OCH3 is 1. The second kappa shape index (κ2) is 4.25. The molecule has 0 saturated carbocycles. The molecular weight excluding hydrogens is 229 g/mol. The van der Waals surface area contributed by atoms with Gasteiger partial charge in [-0.2, -0.15) is 4.98 Å². The Hall–Kier alpha value is -2.37. The van der Waals surface area contributed by atoms with Crippen molar-refractivity contribution in [2.45, 2.75) is 0 Å². The maximum atomic E-state index is 12.7. The fourth-order valence-corrected chi connectivity index (χ4v) is 1.33. The third kappa shape index (κ3) is 2.10. The molecule has 2 rings (SSSR count). The van der Waals surface area contributed by atoms with Crippen LogP contribution in [0.3, 0.4) is 0 Å². The monoisotopic (exact) mass is 237 g/mol. The fourth-order valence-electron chi connectivity index (χ4n) is 1.33. The van der Waals surface area contributed by atoms with Gasteiger partial charge in [-0.1, -0.05) is 0 Å². The quantitative estimate of drug-likeness (QED) is 0.885. The number of nitrogens with zero attached hydrogens (tertiary/aromatic N) is 1. The van der Waals surface area contributed by atoms with Crippen molar-refractivity contribution in [1.29, 1.82) is 0 Å². The molecule has 0 aliphatic carbocycles. The Kier molecular flexibility index (Phi) is 2.78. The second-order valence-corrected chi connectivity index (χ2v) is 3.17. The first-order valence-corrected chi connectivity index (χ1v) is 4.66. The van der Waals surface area contributed by atoms with Crippen molar-refractivity contribution < 1.29 is 23.4 Å². The minimum Gasteiger partial charge on any atom is -0.476 e. The Balaban J connectivity index is 2.53. The molecule has 88 valence electrons. The lowest BCUT2D eigenvalue weighted by atomic mass is 10.1. The summed E-state index contributed by atoms with van der Waals surface area (Å²) >= 11 is 0. The van der Waals surface area contributed by atoms with Gasteiger partial charge in [0.1, 0.15) is 5.82 Å². The van der Waals surface area contributed by atoms with Crippen LogP contribution in [-0.4, -0.2) is 23.2 Å². The van der Waals surface area contributed by atoms with E-state index >= 15 is 0 Å². The summed E-state index contributed by atoms with van der Waals surface area (Å²) in [5.74, 6) is -1.62. The summed E-state index contributed by atoms with van der Waals surface area (Å²) in [6.07, 6.45) is -0.151. The average molecular weight is 237 g/mol. The number of halogens is 1. The number of rotatable bonds is 3. The van der Waals surface area contributed by atoms with Gasteiger partial charge in [-0.15, -0.1) is 0 Å². The normalized spacial score (nSPS) is 10.2. The number of oxazole rings is 1. The molecule has 1 aromatic heterocycles. The molecule has 0 spiro atoms. The van der Waals surface area contributed by atoms with E-state index in [-0.39, 0.29) is 17.5 Å². The molecule has 0 radical (unpaired) electrons. The number of carbonyl (C=O) groups is 1. The molecule has 17 heavy (non-hydrogen) atoms. The van der Waals surface area contributed by atoms with E-state index in [1.54, 1.807) is 0 Å². The van der Waals surface area contributed by atoms with E-state index in [1.807, 2.05) is 0 Å². The smallest absolute Gasteiger partial charge is 0.394 e. The third-order valence-corrected chi connectivity index (χ3v) is 2.09. The summed E-state index contributed by atoms with van der Waals surface area (Å²) in [5.41, 5.74) is 0.146. The van der Waals surface area contributed by atoms with Crippen LogP contribution in [0.25, 0.3) is 11.3 Å². The van der Waals surface area contributed by atoms with Crippen LogP contribution < -0.4 is 4.74 Å². The molecule has 0 unspecified atom stereocenters. The highest BCUT2D eigenvalue weighted by atomic mass is 19.1. The van der Waals surface area contributed by atoms with Crippen molar-refractivity contribution in [3.8, 4) is 17.4 Å². The van der Waals surface area contributed by atoms with E-state index in [2.05, 4.69) is 4.98 Å². The highest BCUT2D eigenvalue weighted by molar-refractivity contribution is 5.92. The number of hydrogen-bond acceptors (Lipinski definition) is 4. The van der Waals surface area contributed by atoms with Crippen molar-refractivity contribution in [1.82, 2.24) is 4.98 Å². The van der Waals surface area contributed by atoms with Gasteiger partial charge in [-0.05, 0) is 24.3 Å². The average Bonchev–Trinajstić information content (AvgIpc) is 2.74. The predicted molar refractivity (Wildman–Crippen MR) is 55.4 cm³/mol. The number of aromatic carboxylic acids is 1. The molecule has 1 N–H and O–H groups in total. The minimum atomic E-state index is -1.24. The van der Waals surface area contributed by atoms with Crippen molar-refractivity contribution in [3.63, 3.8) is 0 Å². The third-order valence-electron chi connectivity index (χ3n) is 2.09. The van der Waals surface area contributed by atoms with E-state index in [4.69, 9.17) is 14.3 Å². The molecule has 2 aromatic rings. The molecule has 0 saturated heterocycles. The van der Waals surface area contributed by atoms with Crippen LogP contribution in [0.1, 0.15) is 10.5 Å². The number of hydrogen-bond donors (Lipinski definition) is 1. The minimum absolute atomic E-state index is 0.0364. The lowest BCUT2D eigenvalue weighted by Crippen LogP contribution is -1.99. The van der Waals surface area contributed by atoms with Gasteiger partial charge in [-0.25, -0.2) is 9.18 Å². The van der Waals surface area contributed by atoms with Crippen LogP contribution in [-0.2, 0) is 0 Å². The lowest BCUT2D eigenvalue weighted by molar-refractivity contribution is 0.0691. The first kappa shape index (κ1) is 11.1. The number of aromatic nitrogens is 1. The van der Waals surface area contributed by atoms with Crippen LogP contribution >= 0.6 is 0 Å². The standard InChI is InChI=1S/C11H8FNO4/c1-16-11-13-8(10(14)15)9(17-11)6-2-4-7(12)5-3-6/h2-5H,1H3,(H,14,15). The number of benzene rings is 1. The van der Waals surface area contributed by atoms with Crippen molar-refractivity contribution in [3.05, 3.63) is 35.8 Å². The van der Waals surface area contributed by atoms with Crippen LogP contribution in [0.4, 0.5) is 4.39 Å². The summed E-state index contributed by atoms with van der Waals surface area (Å²) in [6, 6.07) is 5.22. The highest BCUT2D eigenvalue weighted by Crippen LogP contribution is 2.28. The molecule has 0 bridgehead atoms. The fraction of sp³-hybridized carbons (Fsp3) is 0.0909. The highest BCUT2D eigenvalue weighted by Gasteiger charge is 2.21. The summed E-state index contributed by atoms with van der Waals surface area (Å²) in [7, 11) is 1.31. The predicted octanol–water partition coefficient (Wildman–Crippen LogP) is 2.19. The maximum absolute atomic E-state index is 12.7. The van der Waals surface area contributed by atoms with Gasteiger partial charge in [-0.3, -0.25) is 0 Å². The summed E-state index contributed by atoms with van der Waals surface area (Å²) < 4.78 is 22.6. The summed E-state index contributed by atoms with van der Waals surface area (Å²) in [6.45, 7) is 0. The first-order valence-electron chi connectivity index (χ1n) is 4.66. The van der Waals surface area contributed by atoms with Crippen LogP contribution in [0, 0.1) is 5.82 Å². The largest absolute Gasteiger partial charge is 0.476 e. The Morgan fingerprint density at radius 1 is 1.41 bits per heavy atom. The SMILES string of the molecule is COc1nc(C(=O)O)c(-c2ccc(F)cc2)o1. The van der Waals surface area contributed by atoms with Gasteiger partial charge < -0.3 is 14.3 Å². The van der Waals surface area contributed by atoms with Gasteiger partial charge in [0, 0.05) is 5.56 Å². The van der Waals surface area contributed by atoms with Crippen molar-refractivity contribution in [2.75, 3.05) is 7.11 Å². The zero-order valence-electron chi connectivity index (χ0n) is 8.81. The van der Waals surface area contributed by atoms with E-state index in [0.29, 0.717) is 5.56 Å². The lowest BCUT2D eigenvalue weighted by Gasteiger charge is -1.97. The number of ether oxygens (including phenoxy) is 1. The van der Waals surface area contributed by atoms with Gasteiger partial charge in [0.15, 0.2) is 11.5 Å². The molecule has 5 nitrogen and oxygen atoms in total. The zero-order chi connectivity index (χ0) is 12.4. The van der Waals surface area contributed by atoms with Crippen LogP contribution in [0.2, 0.25) is 0 Å². The molecule has 0 aliphatic heterocycles. The zero-order valence-corrected chi connectivity index (χ0v) is 8.81. The first-order chi connectivity index (χ1) is 8.11. The van der Waals surface area contributed by atoms with Crippen LogP contribution in [0.5, 0.6) is 6.08 Å². The molecule has 0 fully saturated rings. The van der Waals surface area contributed by atoms with Crippen molar-refractivity contribution in [2.24, 2.45) is 0 Å². The Morgan fingerprint density at radius 3 is 2.59 bits per heavy atom. The molecular formula is C11H8FNO4. The molecule has 0 aliphatic rings. The summed E-state index contributed by atoms with van der Waals surface area (Å²) in [4.78, 5) is 14.6. The maximum Gasteiger partial charge on any atom is 0.394 e. The Bertz CT molecular complexity index is 547. The molecule has 6 heteroatoms. The number of carboxylic acid groups (broad SMARTS) is 1. The van der Waals surface area contributed by atoms with E-state index in [1.165, 1.54) is 31.4 Å². The van der Waals surface area contributed by atoms with Gasteiger partial charge in [0.05, 0.1) is 7.11 Å². The Morgan fingerprint density at radius 2 is 2.06 bits per heavy atom. The summed E-state index contributed by atoms with van der Waals surface area (Å²) in [5, 5.41) is 8.94. The van der Waals surface area contributed by atoms with Crippen LogP contribution in [0.15, 0.2) is 28.7 Å². The van der Waals surface area contributed by atoms with Crippen molar-refractivity contribution >= 4 is 5.97 Å². The van der Waals surface area contributed by atoms with E-state index in [9.17, 15) is 9.18 Å². The molecule has 1 heterocycles. The molecule has 0 atom stereocenters.